The van der Waals surface area contributed by atoms with E-state index in [2.05, 4.69) is 34.6 Å². The van der Waals surface area contributed by atoms with E-state index in [1.54, 1.807) is 0 Å². The Labute approximate surface area is 562 Å². The predicted molar refractivity (Wildman–Crippen MR) is 372 cm³/mol. The van der Waals surface area contributed by atoms with Crippen LogP contribution in [0.2, 0.25) is 0 Å². The number of carbonyl (C=O) groups excluding carboxylic acids is 4. The lowest BCUT2D eigenvalue weighted by Crippen LogP contribution is -2.30. The lowest BCUT2D eigenvalue weighted by Gasteiger charge is -2.21. The topological polar surface area (TPSA) is 237 Å². The molecule has 0 aliphatic heterocycles. The van der Waals surface area contributed by atoms with Gasteiger partial charge in [0.1, 0.15) is 19.3 Å². The molecule has 0 fully saturated rings. The highest BCUT2D eigenvalue weighted by molar-refractivity contribution is 7.47. The average molecular weight is 1350 g/mol. The third-order valence-electron chi connectivity index (χ3n) is 17.0. The molecule has 19 heteroatoms. The van der Waals surface area contributed by atoms with Crippen molar-refractivity contribution in [1.82, 2.24) is 0 Å². The highest BCUT2D eigenvalue weighted by atomic mass is 31.2. The van der Waals surface area contributed by atoms with Gasteiger partial charge in [0, 0.05) is 25.7 Å². The highest BCUT2D eigenvalue weighted by Crippen LogP contribution is 2.45. The van der Waals surface area contributed by atoms with Gasteiger partial charge in [0.15, 0.2) is 12.2 Å². The van der Waals surface area contributed by atoms with Crippen molar-refractivity contribution in [2.75, 3.05) is 39.6 Å². The number of hydrogen-bond donors (Lipinski definition) is 3. The van der Waals surface area contributed by atoms with E-state index in [-0.39, 0.29) is 25.7 Å². The van der Waals surface area contributed by atoms with Crippen molar-refractivity contribution in [3.63, 3.8) is 0 Å². The van der Waals surface area contributed by atoms with Gasteiger partial charge in [-0.1, -0.05) is 330 Å². The summed E-state index contributed by atoms with van der Waals surface area (Å²) in [6, 6.07) is 0. The fraction of sp³-hybridized carbons (Fsp3) is 0.945. The molecule has 0 amide bonds. The molecule has 0 radical (unpaired) electrons. The number of aliphatic hydroxyl groups excluding tert-OH is 1. The summed E-state index contributed by atoms with van der Waals surface area (Å²) in [4.78, 5) is 72.4. The minimum atomic E-state index is -4.95. The van der Waals surface area contributed by atoms with Crippen molar-refractivity contribution in [2.45, 2.75) is 400 Å². The molecule has 2 unspecified atom stereocenters. The van der Waals surface area contributed by atoms with Crippen LogP contribution < -0.4 is 0 Å². The van der Waals surface area contributed by atoms with E-state index in [9.17, 15) is 43.2 Å². The number of unbranched alkanes of at least 4 members (excludes halogenated alkanes) is 45. The Morgan fingerprint density at radius 1 is 0.293 bits per heavy atom. The fourth-order valence-electron chi connectivity index (χ4n) is 11.2. The second-order valence-electron chi connectivity index (χ2n) is 26.8. The molecule has 17 nitrogen and oxygen atoms in total. The Balaban J connectivity index is 5.14. The zero-order valence-corrected chi connectivity index (χ0v) is 61.5. The molecule has 0 aliphatic carbocycles. The Bertz CT molecular complexity index is 1770. The fourth-order valence-corrected chi connectivity index (χ4v) is 12.8. The standard InChI is InChI=1S/C73H142O17P2/c1-6-9-12-15-17-19-21-23-25-26-28-30-36-40-44-49-54-59-73(78)90-69(63-84-71(76)57-52-47-42-38-34-32-31-33-37-41-46-50-55-66(4)5)65-88-92(81,82)86-61-67(74)60-85-91(79,80)87-64-68(62-83-70(75)56-51-45-14-11-8-3)89-72(77)58-53-48-43-39-35-29-27-24-22-20-18-16-13-10-7-2/h66-69,74H,6-65H2,1-5H3,(H,79,80)(H,81,82)/t67-,68+,69+/m0/s1. The third-order valence-corrected chi connectivity index (χ3v) is 18.9. The SMILES string of the molecule is CCCCCCCCCCCCCCCCCCCC(=O)O[C@H](COC(=O)CCCCCCCCCCCCCCC(C)C)COP(=O)(O)OC[C@@H](O)COP(=O)(O)OC[C@@H](COC(=O)CCCCCCC)OC(=O)CCCCCCCCCCCCCCCCC. The monoisotopic (exact) mass is 1350 g/mol. The molecule has 0 aliphatic rings. The van der Waals surface area contributed by atoms with Gasteiger partial charge in [-0.2, -0.15) is 0 Å². The predicted octanol–water partition coefficient (Wildman–Crippen LogP) is 21.3. The van der Waals surface area contributed by atoms with Crippen molar-refractivity contribution in [1.29, 1.82) is 0 Å². The molecular weight excluding hydrogens is 1210 g/mol. The van der Waals surface area contributed by atoms with Gasteiger partial charge in [-0.15, -0.1) is 0 Å². The Hall–Kier alpha value is -1.94. The number of carbonyl (C=O) groups is 4. The van der Waals surface area contributed by atoms with Crippen molar-refractivity contribution in [2.24, 2.45) is 5.92 Å². The molecule has 0 bridgehead atoms. The lowest BCUT2D eigenvalue weighted by molar-refractivity contribution is -0.161. The first-order chi connectivity index (χ1) is 44.5. The van der Waals surface area contributed by atoms with Crippen molar-refractivity contribution in [3.8, 4) is 0 Å². The molecule has 0 saturated heterocycles. The second-order valence-corrected chi connectivity index (χ2v) is 29.7. The zero-order valence-electron chi connectivity index (χ0n) is 59.7. The maximum atomic E-state index is 13.0. The normalized spacial score (nSPS) is 14.0. The third kappa shape index (κ3) is 66.7. The molecule has 0 aromatic carbocycles. The Morgan fingerprint density at radius 2 is 0.500 bits per heavy atom. The summed E-state index contributed by atoms with van der Waals surface area (Å²) in [7, 11) is -9.90. The molecule has 92 heavy (non-hydrogen) atoms. The summed E-state index contributed by atoms with van der Waals surface area (Å²) in [5.41, 5.74) is 0. The molecule has 0 rings (SSSR count). The van der Waals surface area contributed by atoms with Gasteiger partial charge in [0.05, 0.1) is 26.4 Å². The number of phosphoric acid groups is 2. The highest BCUT2D eigenvalue weighted by Gasteiger charge is 2.30. The van der Waals surface area contributed by atoms with Gasteiger partial charge in [-0.05, 0) is 31.6 Å². The molecule has 0 saturated carbocycles. The quantitative estimate of drug-likeness (QED) is 0.0222. The molecule has 546 valence electrons. The van der Waals surface area contributed by atoms with Gasteiger partial charge in [-0.25, -0.2) is 9.13 Å². The molecular formula is C73H142O17P2. The first-order valence-corrected chi connectivity index (χ1v) is 41.1. The van der Waals surface area contributed by atoms with Crippen molar-refractivity contribution >= 4 is 39.5 Å². The van der Waals surface area contributed by atoms with Gasteiger partial charge in [0.25, 0.3) is 0 Å². The maximum Gasteiger partial charge on any atom is 0.472 e. The summed E-state index contributed by atoms with van der Waals surface area (Å²) < 4.78 is 68.2. The van der Waals surface area contributed by atoms with Gasteiger partial charge < -0.3 is 33.8 Å². The number of phosphoric ester groups is 2. The lowest BCUT2D eigenvalue weighted by atomic mass is 10.0. The van der Waals surface area contributed by atoms with E-state index in [0.29, 0.717) is 25.7 Å². The van der Waals surface area contributed by atoms with Gasteiger partial charge >= 0.3 is 39.5 Å². The van der Waals surface area contributed by atoms with Crippen LogP contribution in [0.5, 0.6) is 0 Å². The van der Waals surface area contributed by atoms with Crippen LogP contribution in [0.25, 0.3) is 0 Å². The van der Waals surface area contributed by atoms with Crippen molar-refractivity contribution < 1.29 is 80.2 Å². The van der Waals surface area contributed by atoms with E-state index in [1.165, 1.54) is 199 Å². The van der Waals surface area contributed by atoms with E-state index < -0.39 is 97.5 Å². The van der Waals surface area contributed by atoms with Crippen LogP contribution in [-0.4, -0.2) is 96.7 Å². The van der Waals surface area contributed by atoms with Crippen LogP contribution in [-0.2, 0) is 65.4 Å². The molecule has 5 atom stereocenters. The summed E-state index contributed by atoms with van der Waals surface area (Å²) in [5.74, 6) is -1.35. The van der Waals surface area contributed by atoms with Gasteiger partial charge in [0.2, 0.25) is 0 Å². The largest absolute Gasteiger partial charge is 0.472 e. The molecule has 0 heterocycles. The number of ether oxygens (including phenoxy) is 4. The van der Waals surface area contributed by atoms with Crippen LogP contribution in [0.4, 0.5) is 0 Å². The second kappa shape index (κ2) is 66.3. The van der Waals surface area contributed by atoms with E-state index >= 15 is 0 Å². The van der Waals surface area contributed by atoms with Crippen LogP contribution in [0, 0.1) is 5.92 Å². The molecule has 0 aromatic rings. The van der Waals surface area contributed by atoms with Crippen LogP contribution in [0.3, 0.4) is 0 Å². The molecule has 3 N–H and O–H groups in total. The van der Waals surface area contributed by atoms with E-state index in [4.69, 9.17) is 37.0 Å². The van der Waals surface area contributed by atoms with Crippen LogP contribution >= 0.6 is 15.6 Å². The smallest absolute Gasteiger partial charge is 0.462 e. The summed E-state index contributed by atoms with van der Waals surface area (Å²) in [5, 5.41) is 10.6. The summed E-state index contributed by atoms with van der Waals surface area (Å²) in [6.07, 6.45) is 54.4. The number of esters is 4. The number of aliphatic hydroxyl groups is 1. The zero-order chi connectivity index (χ0) is 67.7. The summed E-state index contributed by atoms with van der Waals surface area (Å²) >= 11 is 0. The molecule has 0 aromatic heterocycles. The minimum Gasteiger partial charge on any atom is -0.462 e. The maximum absolute atomic E-state index is 13.0. The Kier molecular flexibility index (Phi) is 64.9. The van der Waals surface area contributed by atoms with Gasteiger partial charge in [-0.3, -0.25) is 37.3 Å². The van der Waals surface area contributed by atoms with Crippen LogP contribution in [0.1, 0.15) is 381 Å². The minimum absolute atomic E-state index is 0.107. The summed E-state index contributed by atoms with van der Waals surface area (Å²) in [6.45, 7) is 7.21. The van der Waals surface area contributed by atoms with E-state index in [1.807, 2.05) is 0 Å². The number of hydrogen-bond acceptors (Lipinski definition) is 15. The first-order valence-electron chi connectivity index (χ1n) is 38.1. The van der Waals surface area contributed by atoms with Crippen LogP contribution in [0.15, 0.2) is 0 Å². The number of rotatable bonds is 73. The molecule has 0 spiro atoms. The first kappa shape index (κ1) is 90.1. The average Bonchev–Trinajstić information content (AvgIpc) is 1.97. The van der Waals surface area contributed by atoms with E-state index in [0.717, 1.165) is 102 Å². The van der Waals surface area contributed by atoms with Crippen molar-refractivity contribution in [3.05, 3.63) is 0 Å². The Morgan fingerprint density at radius 3 is 0.739 bits per heavy atom.